The maximum Gasteiger partial charge on any atom is 0.347 e. The molecule has 6 rings (SSSR count). The lowest BCUT2D eigenvalue weighted by Gasteiger charge is -2.42. The Bertz CT molecular complexity index is 1490. The summed E-state index contributed by atoms with van der Waals surface area (Å²) in [4.78, 5) is 17.1. The van der Waals surface area contributed by atoms with Crippen molar-refractivity contribution < 1.29 is 0 Å². The van der Waals surface area contributed by atoms with Crippen LogP contribution >= 0.6 is 0 Å². The van der Waals surface area contributed by atoms with Crippen molar-refractivity contribution in [2.45, 2.75) is 38.6 Å². The van der Waals surface area contributed by atoms with Crippen LogP contribution in [0.25, 0.3) is 38.9 Å². The number of hydrogen-bond acceptors (Lipinski definition) is 4. The molecular formula is C28H29N5O. The minimum Gasteiger partial charge on any atom is -0.310 e. The van der Waals surface area contributed by atoms with E-state index in [1.54, 1.807) is 6.20 Å². The van der Waals surface area contributed by atoms with Crippen LogP contribution in [0.2, 0.25) is 0 Å². The van der Waals surface area contributed by atoms with Crippen LogP contribution in [0.5, 0.6) is 0 Å². The highest BCUT2D eigenvalue weighted by Crippen LogP contribution is 2.42. The molecule has 1 saturated carbocycles. The van der Waals surface area contributed by atoms with Gasteiger partial charge in [-0.05, 0) is 49.6 Å². The van der Waals surface area contributed by atoms with E-state index in [4.69, 9.17) is 4.98 Å². The third-order valence-corrected chi connectivity index (χ3v) is 6.86. The number of hydrogen-bond donors (Lipinski definition) is 2. The maximum atomic E-state index is 12.1. The molecule has 1 fully saturated rings. The molecule has 172 valence electrons. The third kappa shape index (κ3) is 3.51. The Morgan fingerprint density at radius 1 is 0.971 bits per heavy atom. The van der Waals surface area contributed by atoms with Gasteiger partial charge < -0.3 is 5.32 Å². The van der Waals surface area contributed by atoms with E-state index in [1.807, 2.05) is 45.2 Å². The lowest BCUT2D eigenvalue weighted by Crippen LogP contribution is -2.45. The first-order valence-corrected chi connectivity index (χ1v) is 11.9. The topological polar surface area (TPSA) is 75.1 Å². The minimum atomic E-state index is -0.253. The Morgan fingerprint density at radius 2 is 1.71 bits per heavy atom. The zero-order valence-corrected chi connectivity index (χ0v) is 19.8. The van der Waals surface area contributed by atoms with Gasteiger partial charge in [-0.3, -0.25) is 0 Å². The Balaban J connectivity index is 0.00000117. The number of rotatable bonds is 4. The summed E-state index contributed by atoms with van der Waals surface area (Å²) in [5.74, 6) is 0. The van der Waals surface area contributed by atoms with Gasteiger partial charge in [0.25, 0.3) is 0 Å². The summed E-state index contributed by atoms with van der Waals surface area (Å²) in [6, 6.07) is 23.0. The summed E-state index contributed by atoms with van der Waals surface area (Å²) >= 11 is 0. The molecule has 6 nitrogen and oxygen atoms in total. The summed E-state index contributed by atoms with van der Waals surface area (Å²) in [5, 5.41) is 11.1. The highest BCUT2D eigenvalue weighted by atomic mass is 16.1. The molecule has 34 heavy (non-hydrogen) atoms. The lowest BCUT2D eigenvalue weighted by atomic mass is 9.72. The van der Waals surface area contributed by atoms with Gasteiger partial charge in [0.2, 0.25) is 0 Å². The summed E-state index contributed by atoms with van der Waals surface area (Å²) in [5.41, 5.74) is 6.65. The van der Waals surface area contributed by atoms with Crippen LogP contribution in [-0.2, 0) is 5.54 Å². The number of H-pyrrole nitrogens is 1. The third-order valence-electron chi connectivity index (χ3n) is 6.86. The molecule has 5 aromatic rings. The molecule has 0 bridgehead atoms. The van der Waals surface area contributed by atoms with Gasteiger partial charge in [0, 0.05) is 28.2 Å². The van der Waals surface area contributed by atoms with E-state index in [9.17, 15) is 4.79 Å². The zero-order chi connectivity index (χ0) is 23.7. The Kier molecular flexibility index (Phi) is 5.75. The molecule has 0 unspecified atom stereocenters. The van der Waals surface area contributed by atoms with Crippen molar-refractivity contribution in [2.24, 2.45) is 0 Å². The Morgan fingerprint density at radius 3 is 2.35 bits per heavy atom. The van der Waals surface area contributed by atoms with E-state index < -0.39 is 0 Å². The van der Waals surface area contributed by atoms with Crippen molar-refractivity contribution in [2.75, 3.05) is 7.05 Å². The van der Waals surface area contributed by atoms with Gasteiger partial charge in [-0.15, -0.1) is 0 Å². The summed E-state index contributed by atoms with van der Waals surface area (Å²) < 4.78 is 1.52. The minimum absolute atomic E-state index is 0.108. The van der Waals surface area contributed by atoms with Gasteiger partial charge in [-0.1, -0.05) is 68.4 Å². The quantitative estimate of drug-likeness (QED) is 0.377. The molecule has 0 saturated heterocycles. The predicted molar refractivity (Wildman–Crippen MR) is 138 cm³/mol. The van der Waals surface area contributed by atoms with Gasteiger partial charge in [0.05, 0.1) is 11.2 Å². The lowest BCUT2D eigenvalue weighted by molar-refractivity contribution is 0.201. The Hall–Kier alpha value is -3.77. The average Bonchev–Trinajstić information content (AvgIpc) is 3.26. The first kappa shape index (κ1) is 22.0. The van der Waals surface area contributed by atoms with E-state index in [0.717, 1.165) is 33.3 Å². The van der Waals surface area contributed by atoms with Gasteiger partial charge in [-0.2, -0.15) is 5.10 Å². The summed E-state index contributed by atoms with van der Waals surface area (Å²) in [6.07, 6.45) is 5.33. The van der Waals surface area contributed by atoms with E-state index >= 15 is 0 Å². The second kappa shape index (κ2) is 8.88. The maximum absolute atomic E-state index is 12.1. The SMILES string of the molecule is CC.CNC1(c2ccc(-c3nc4ccn5c(=O)[nH]nc5c4cc3-c3ccccc3)cc2)CCC1. The molecule has 0 aliphatic heterocycles. The number of benzene rings is 2. The van der Waals surface area contributed by atoms with E-state index in [0.29, 0.717) is 5.65 Å². The number of nitrogens with zero attached hydrogens (tertiary/aromatic N) is 3. The molecule has 1 aliphatic carbocycles. The Labute approximate surface area is 198 Å². The highest BCUT2D eigenvalue weighted by molar-refractivity contribution is 5.98. The number of nitrogens with one attached hydrogen (secondary N) is 2. The molecule has 0 atom stereocenters. The standard InChI is InChI=1S/C26H23N5O.C2H6/c1-27-26(13-5-14-26)19-10-8-18(9-11-19)23-20(17-6-3-2-4-7-17)16-21-22(28-23)12-15-31-24(21)29-30-25(31)32;1-2/h2-4,6-12,15-16,27H,5,13-14H2,1H3,(H,30,32);1-2H3. The fraction of sp³-hybridized carbons (Fsp3) is 0.250. The molecule has 3 heterocycles. The van der Waals surface area contributed by atoms with Crippen LogP contribution in [0.4, 0.5) is 0 Å². The van der Waals surface area contributed by atoms with Gasteiger partial charge in [0.15, 0.2) is 5.65 Å². The smallest absolute Gasteiger partial charge is 0.310 e. The molecule has 2 N–H and O–H groups in total. The fourth-order valence-electron chi connectivity index (χ4n) is 4.83. The second-order valence-corrected chi connectivity index (χ2v) is 8.48. The average molecular weight is 452 g/mol. The largest absolute Gasteiger partial charge is 0.347 e. The second-order valence-electron chi connectivity index (χ2n) is 8.48. The van der Waals surface area contributed by atoms with Crippen LogP contribution in [0.1, 0.15) is 38.7 Å². The first-order valence-electron chi connectivity index (χ1n) is 11.9. The van der Waals surface area contributed by atoms with Gasteiger partial charge in [0.1, 0.15) is 0 Å². The van der Waals surface area contributed by atoms with E-state index in [-0.39, 0.29) is 11.2 Å². The molecule has 1 aliphatic rings. The van der Waals surface area contributed by atoms with Gasteiger partial charge >= 0.3 is 5.69 Å². The van der Waals surface area contributed by atoms with Gasteiger partial charge in [-0.25, -0.2) is 19.3 Å². The monoisotopic (exact) mass is 451 g/mol. The van der Waals surface area contributed by atoms with Crippen LogP contribution < -0.4 is 11.0 Å². The zero-order valence-electron chi connectivity index (χ0n) is 19.8. The van der Waals surface area contributed by atoms with Crippen molar-refractivity contribution in [3.05, 3.63) is 89.0 Å². The predicted octanol–water partition coefficient (Wildman–Crippen LogP) is 5.53. The molecule has 6 heteroatoms. The van der Waals surface area contributed by atoms with Crippen LogP contribution in [-0.4, -0.2) is 26.6 Å². The molecule has 3 aromatic heterocycles. The fourth-order valence-corrected chi connectivity index (χ4v) is 4.83. The number of fused-ring (bicyclic) bond motifs is 3. The van der Waals surface area contributed by atoms with E-state index in [1.165, 1.54) is 29.2 Å². The van der Waals surface area contributed by atoms with Crippen molar-refractivity contribution in [3.8, 4) is 22.4 Å². The van der Waals surface area contributed by atoms with E-state index in [2.05, 4.69) is 58.0 Å². The number of aromatic nitrogens is 4. The van der Waals surface area contributed by atoms with Crippen molar-refractivity contribution in [1.82, 2.24) is 24.9 Å². The molecule has 0 spiro atoms. The number of pyridine rings is 2. The normalized spacial score (nSPS) is 14.4. The van der Waals surface area contributed by atoms with Crippen molar-refractivity contribution >= 4 is 16.6 Å². The summed E-state index contributed by atoms with van der Waals surface area (Å²) in [6.45, 7) is 4.00. The van der Waals surface area contributed by atoms with Crippen LogP contribution in [0.15, 0.2) is 77.7 Å². The molecule has 2 aromatic carbocycles. The van der Waals surface area contributed by atoms with Crippen LogP contribution in [0, 0.1) is 0 Å². The highest BCUT2D eigenvalue weighted by Gasteiger charge is 2.36. The molecular weight excluding hydrogens is 422 g/mol. The number of aromatic amines is 1. The molecule has 0 radical (unpaired) electrons. The summed E-state index contributed by atoms with van der Waals surface area (Å²) in [7, 11) is 2.05. The van der Waals surface area contributed by atoms with Crippen molar-refractivity contribution in [1.29, 1.82) is 0 Å². The molecule has 0 amide bonds. The first-order chi connectivity index (χ1) is 16.7. The van der Waals surface area contributed by atoms with Crippen molar-refractivity contribution in [3.63, 3.8) is 0 Å². The van der Waals surface area contributed by atoms with Crippen LogP contribution in [0.3, 0.4) is 0 Å².